The highest BCUT2D eigenvalue weighted by Gasteiger charge is 2.16. The van der Waals surface area contributed by atoms with Gasteiger partial charge in [0.15, 0.2) is 0 Å². The van der Waals surface area contributed by atoms with Crippen molar-refractivity contribution in [1.82, 2.24) is 4.98 Å². The van der Waals surface area contributed by atoms with E-state index in [0.29, 0.717) is 0 Å². The first-order valence-electron chi connectivity index (χ1n) is 3.82. The van der Waals surface area contributed by atoms with Crippen molar-refractivity contribution in [3.8, 4) is 5.88 Å². The quantitative estimate of drug-likeness (QED) is 0.773. The molecule has 0 saturated heterocycles. The fourth-order valence-electron chi connectivity index (χ4n) is 1.04. The molecule has 1 aromatic heterocycles. The van der Waals surface area contributed by atoms with Crippen LogP contribution in [0.25, 0.3) is 0 Å². The van der Waals surface area contributed by atoms with E-state index in [2.05, 4.69) is 4.98 Å². The molecule has 3 N–H and O–H groups in total. The maximum atomic E-state index is 12.4. The summed E-state index contributed by atoms with van der Waals surface area (Å²) in [5.41, 5.74) is 4.93. The molecule has 1 heterocycles. The molecule has 14 heavy (non-hydrogen) atoms. The van der Waals surface area contributed by atoms with Crippen LogP contribution in [0.2, 0.25) is 0 Å². The highest BCUT2D eigenvalue weighted by Crippen LogP contribution is 2.28. The van der Waals surface area contributed by atoms with E-state index < -0.39 is 13.0 Å². The molecule has 0 atom stereocenters. The van der Waals surface area contributed by atoms with Gasteiger partial charge in [-0.2, -0.15) is 0 Å². The third-order valence-corrected chi connectivity index (χ3v) is 1.71. The van der Waals surface area contributed by atoms with E-state index in [0.717, 1.165) is 6.07 Å². The van der Waals surface area contributed by atoms with E-state index in [9.17, 15) is 8.78 Å². The van der Waals surface area contributed by atoms with Crippen molar-refractivity contribution in [2.75, 3.05) is 12.8 Å². The monoisotopic (exact) mass is 204 g/mol. The standard InChI is InChI=1S/C8H10F2N2O2/c1-14-8-5(11)2-4(7(9)10)6(3-13)12-8/h2,7,13H,3,11H2,1H3. The van der Waals surface area contributed by atoms with Crippen LogP contribution in [0, 0.1) is 0 Å². The molecule has 0 bridgehead atoms. The number of aromatic nitrogens is 1. The maximum Gasteiger partial charge on any atom is 0.265 e. The minimum absolute atomic E-state index is 0.0278. The van der Waals surface area contributed by atoms with Crippen LogP contribution in [0.5, 0.6) is 5.88 Å². The van der Waals surface area contributed by atoms with Crippen LogP contribution >= 0.6 is 0 Å². The number of hydrogen-bond donors (Lipinski definition) is 2. The van der Waals surface area contributed by atoms with Crippen molar-refractivity contribution in [1.29, 1.82) is 0 Å². The smallest absolute Gasteiger partial charge is 0.265 e. The van der Waals surface area contributed by atoms with Gasteiger partial charge in [0.25, 0.3) is 6.43 Å². The fourth-order valence-corrected chi connectivity index (χ4v) is 1.04. The zero-order valence-corrected chi connectivity index (χ0v) is 7.50. The Bertz CT molecular complexity index is 331. The molecule has 0 radical (unpaired) electrons. The topological polar surface area (TPSA) is 68.4 Å². The number of anilines is 1. The first-order chi connectivity index (χ1) is 6.60. The number of aliphatic hydroxyl groups is 1. The largest absolute Gasteiger partial charge is 0.480 e. The van der Waals surface area contributed by atoms with E-state index in [1.165, 1.54) is 7.11 Å². The molecule has 0 amide bonds. The van der Waals surface area contributed by atoms with Crippen LogP contribution in [0.4, 0.5) is 14.5 Å². The number of halogens is 2. The molecular weight excluding hydrogens is 194 g/mol. The summed E-state index contributed by atoms with van der Waals surface area (Å²) in [4.78, 5) is 3.65. The van der Waals surface area contributed by atoms with Crippen LogP contribution in [0.15, 0.2) is 6.07 Å². The first kappa shape index (κ1) is 10.6. The van der Waals surface area contributed by atoms with Crippen molar-refractivity contribution in [2.45, 2.75) is 13.0 Å². The Morgan fingerprint density at radius 3 is 2.71 bits per heavy atom. The van der Waals surface area contributed by atoms with E-state index in [4.69, 9.17) is 15.6 Å². The van der Waals surface area contributed by atoms with Crippen LogP contribution < -0.4 is 10.5 Å². The summed E-state index contributed by atoms with van der Waals surface area (Å²) in [7, 11) is 1.32. The number of ether oxygens (including phenoxy) is 1. The molecule has 0 unspecified atom stereocenters. The lowest BCUT2D eigenvalue weighted by atomic mass is 10.2. The Morgan fingerprint density at radius 2 is 2.29 bits per heavy atom. The van der Waals surface area contributed by atoms with Gasteiger partial charge >= 0.3 is 0 Å². The summed E-state index contributed by atoms with van der Waals surface area (Å²) in [6, 6.07) is 1.06. The van der Waals surface area contributed by atoms with Gasteiger partial charge in [-0.1, -0.05) is 0 Å². The van der Waals surface area contributed by atoms with Gasteiger partial charge in [-0.25, -0.2) is 13.8 Å². The number of aliphatic hydroxyl groups excluding tert-OH is 1. The van der Waals surface area contributed by atoms with Crippen molar-refractivity contribution in [3.05, 3.63) is 17.3 Å². The minimum atomic E-state index is -2.71. The van der Waals surface area contributed by atoms with Crippen molar-refractivity contribution >= 4 is 5.69 Å². The second kappa shape index (κ2) is 4.19. The molecule has 1 rings (SSSR count). The van der Waals surface area contributed by atoms with Crippen molar-refractivity contribution in [3.63, 3.8) is 0 Å². The van der Waals surface area contributed by atoms with Gasteiger partial charge in [0.2, 0.25) is 5.88 Å². The lowest BCUT2D eigenvalue weighted by Gasteiger charge is -2.09. The predicted octanol–water partition coefficient (Wildman–Crippen LogP) is 1.10. The fraction of sp³-hybridized carbons (Fsp3) is 0.375. The molecule has 0 fully saturated rings. The van der Waals surface area contributed by atoms with Gasteiger partial charge in [0.05, 0.1) is 25.1 Å². The Kier molecular flexibility index (Phi) is 3.19. The number of pyridine rings is 1. The summed E-state index contributed by atoms with van der Waals surface area (Å²) in [5.74, 6) is 0.0402. The Morgan fingerprint density at radius 1 is 1.64 bits per heavy atom. The SMILES string of the molecule is COc1nc(CO)c(C(F)F)cc1N. The summed E-state index contributed by atoms with van der Waals surface area (Å²) in [6.45, 7) is -0.573. The van der Waals surface area contributed by atoms with Crippen LogP contribution in [0.3, 0.4) is 0 Å². The third-order valence-electron chi connectivity index (χ3n) is 1.71. The van der Waals surface area contributed by atoms with Gasteiger partial charge in [0.1, 0.15) is 0 Å². The molecule has 0 saturated carbocycles. The second-order valence-corrected chi connectivity index (χ2v) is 2.58. The number of rotatable bonds is 3. The number of nitrogens with two attached hydrogens (primary N) is 1. The molecule has 4 nitrogen and oxygen atoms in total. The molecule has 0 aliphatic carbocycles. The molecule has 0 spiro atoms. The van der Waals surface area contributed by atoms with Crippen molar-refractivity contribution < 1.29 is 18.6 Å². The summed E-state index contributed by atoms with van der Waals surface area (Å²) in [6.07, 6.45) is -2.71. The second-order valence-electron chi connectivity index (χ2n) is 2.58. The molecule has 78 valence electrons. The Balaban J connectivity index is 3.24. The van der Waals surface area contributed by atoms with Gasteiger partial charge in [-0.15, -0.1) is 0 Å². The Labute approximate surface area is 79.3 Å². The number of alkyl halides is 2. The molecule has 0 aromatic carbocycles. The molecular formula is C8H10F2N2O2. The normalized spacial score (nSPS) is 10.6. The molecule has 0 aliphatic heterocycles. The molecule has 6 heteroatoms. The zero-order chi connectivity index (χ0) is 10.7. The van der Waals surface area contributed by atoms with Crippen molar-refractivity contribution in [2.24, 2.45) is 0 Å². The molecule has 0 aliphatic rings. The number of nitrogens with zero attached hydrogens (tertiary/aromatic N) is 1. The lowest BCUT2D eigenvalue weighted by molar-refractivity contribution is 0.146. The highest BCUT2D eigenvalue weighted by molar-refractivity contribution is 5.51. The summed E-state index contributed by atoms with van der Waals surface area (Å²) < 4.78 is 29.5. The number of methoxy groups -OCH3 is 1. The maximum absolute atomic E-state index is 12.4. The number of nitrogen functional groups attached to an aromatic ring is 1. The van der Waals surface area contributed by atoms with E-state index in [1.54, 1.807) is 0 Å². The third kappa shape index (κ3) is 1.90. The number of hydrogen-bond acceptors (Lipinski definition) is 4. The van der Waals surface area contributed by atoms with Gasteiger partial charge in [0, 0.05) is 5.56 Å². The highest BCUT2D eigenvalue weighted by atomic mass is 19.3. The lowest BCUT2D eigenvalue weighted by Crippen LogP contribution is -2.04. The van der Waals surface area contributed by atoms with E-state index in [1.807, 2.05) is 0 Å². The Hall–Kier alpha value is -1.43. The summed E-state index contributed by atoms with van der Waals surface area (Å²) >= 11 is 0. The zero-order valence-electron chi connectivity index (χ0n) is 7.50. The molecule has 1 aromatic rings. The van der Waals surface area contributed by atoms with Gasteiger partial charge in [-0.3, -0.25) is 0 Å². The van der Waals surface area contributed by atoms with Gasteiger partial charge in [-0.05, 0) is 6.07 Å². The first-order valence-corrected chi connectivity index (χ1v) is 3.82. The van der Waals surface area contributed by atoms with E-state index >= 15 is 0 Å². The van der Waals surface area contributed by atoms with Crippen LogP contribution in [0.1, 0.15) is 17.7 Å². The van der Waals surface area contributed by atoms with Gasteiger partial charge < -0.3 is 15.6 Å². The van der Waals surface area contributed by atoms with E-state index in [-0.39, 0.29) is 22.8 Å². The predicted molar refractivity (Wildman–Crippen MR) is 46.1 cm³/mol. The average Bonchev–Trinajstić information content (AvgIpc) is 2.17. The average molecular weight is 204 g/mol. The summed E-state index contributed by atoms with van der Waals surface area (Å²) in [5, 5.41) is 8.79. The van der Waals surface area contributed by atoms with Crippen LogP contribution in [-0.4, -0.2) is 17.2 Å². The minimum Gasteiger partial charge on any atom is -0.480 e. The van der Waals surface area contributed by atoms with Crippen LogP contribution in [-0.2, 0) is 6.61 Å².